The number of nitrogens with zero attached hydrogens (tertiary/aromatic N) is 4. The molecule has 9 nitrogen and oxygen atoms in total. The lowest BCUT2D eigenvalue weighted by Crippen LogP contribution is -2.27. The van der Waals surface area contributed by atoms with Gasteiger partial charge in [-0.3, -0.25) is 9.59 Å². The predicted octanol–water partition coefficient (Wildman–Crippen LogP) is 4.74. The number of aromatic nitrogens is 4. The zero-order valence-corrected chi connectivity index (χ0v) is 19.3. The fourth-order valence-electron chi connectivity index (χ4n) is 3.35. The second-order valence-electron chi connectivity index (χ2n) is 7.92. The second kappa shape index (κ2) is 10.1. The van der Waals surface area contributed by atoms with E-state index in [1.165, 1.54) is 49.5 Å². The number of hydrogen-bond donors (Lipinski definition) is 2. The molecule has 1 atom stereocenters. The summed E-state index contributed by atoms with van der Waals surface area (Å²) < 4.78 is 58.4. The molecule has 0 fully saturated rings. The Morgan fingerprint density at radius 2 is 1.81 bits per heavy atom. The summed E-state index contributed by atoms with van der Waals surface area (Å²) in [5.41, 5.74) is -0.574. The molecule has 4 aromatic rings. The second-order valence-corrected chi connectivity index (χ2v) is 7.92. The first-order valence-electron chi connectivity index (χ1n) is 10.7. The van der Waals surface area contributed by atoms with E-state index in [1.807, 2.05) is 0 Å². The predicted molar refractivity (Wildman–Crippen MR) is 122 cm³/mol. The smallest absolute Gasteiger partial charge is 0.351 e. The van der Waals surface area contributed by atoms with Gasteiger partial charge in [0.1, 0.15) is 17.7 Å². The Morgan fingerprint density at radius 1 is 1.03 bits per heavy atom. The molecule has 2 amide bonds. The Labute approximate surface area is 207 Å². The van der Waals surface area contributed by atoms with E-state index in [9.17, 15) is 27.2 Å². The topological polar surface area (TPSA) is 123 Å². The van der Waals surface area contributed by atoms with Gasteiger partial charge in [-0.25, -0.2) is 15.0 Å². The van der Waals surface area contributed by atoms with Crippen molar-refractivity contribution in [1.82, 2.24) is 25.4 Å². The molecule has 0 radical (unpaired) electrons. The van der Waals surface area contributed by atoms with Crippen molar-refractivity contribution in [3.8, 4) is 11.3 Å². The van der Waals surface area contributed by atoms with Crippen molar-refractivity contribution < 1.29 is 31.7 Å². The number of halogens is 4. The fraction of sp³-hybridized carbons (Fsp3) is 0.167. The lowest BCUT2D eigenvalue weighted by molar-refractivity contribution is -0.138. The van der Waals surface area contributed by atoms with Crippen LogP contribution in [0.15, 0.2) is 59.5 Å². The van der Waals surface area contributed by atoms with Crippen molar-refractivity contribution >= 4 is 17.5 Å². The number of hydrogen-bond acceptors (Lipinski definition) is 7. The van der Waals surface area contributed by atoms with Gasteiger partial charge in [0.05, 0.1) is 22.9 Å². The molecule has 0 aliphatic carbocycles. The van der Waals surface area contributed by atoms with Gasteiger partial charge >= 0.3 is 6.18 Å². The van der Waals surface area contributed by atoms with Crippen LogP contribution < -0.4 is 10.6 Å². The number of carbonyl (C=O) groups is 2. The van der Waals surface area contributed by atoms with Gasteiger partial charge in [0.2, 0.25) is 11.7 Å². The SMILES string of the molecule is Cc1ccc(NC(=O)c2cc([C@@H](C)NC(=O)c3cc(-c4cccnc4F)ncn3)no2)cc1C(F)(F)F. The van der Waals surface area contributed by atoms with Gasteiger partial charge in [-0.2, -0.15) is 17.6 Å². The van der Waals surface area contributed by atoms with Crippen molar-refractivity contribution in [3.63, 3.8) is 0 Å². The Bertz CT molecular complexity index is 1470. The van der Waals surface area contributed by atoms with Crippen LogP contribution in [0, 0.1) is 12.9 Å². The largest absolute Gasteiger partial charge is 0.416 e. The molecule has 3 heterocycles. The lowest BCUT2D eigenvalue weighted by atomic mass is 10.1. The molecule has 37 heavy (non-hydrogen) atoms. The van der Waals surface area contributed by atoms with E-state index in [2.05, 4.69) is 30.7 Å². The van der Waals surface area contributed by atoms with Crippen molar-refractivity contribution in [2.75, 3.05) is 5.32 Å². The lowest BCUT2D eigenvalue weighted by Gasteiger charge is -2.12. The average Bonchev–Trinajstić information content (AvgIpc) is 3.36. The highest BCUT2D eigenvalue weighted by molar-refractivity contribution is 6.02. The number of pyridine rings is 1. The number of benzene rings is 1. The van der Waals surface area contributed by atoms with Crippen LogP contribution in [0.2, 0.25) is 0 Å². The number of rotatable bonds is 6. The van der Waals surface area contributed by atoms with Crippen molar-refractivity contribution in [2.24, 2.45) is 0 Å². The minimum absolute atomic E-state index is 0.0124. The summed E-state index contributed by atoms with van der Waals surface area (Å²) in [5, 5.41) is 8.70. The van der Waals surface area contributed by atoms with Gasteiger partial charge in [-0.05, 0) is 49.7 Å². The minimum atomic E-state index is -4.57. The maximum absolute atomic E-state index is 14.0. The van der Waals surface area contributed by atoms with Crippen LogP contribution in [0.5, 0.6) is 0 Å². The molecule has 0 saturated carbocycles. The Kier molecular flexibility index (Phi) is 6.96. The van der Waals surface area contributed by atoms with Crippen LogP contribution >= 0.6 is 0 Å². The molecular formula is C24H18F4N6O3. The highest BCUT2D eigenvalue weighted by Gasteiger charge is 2.32. The number of aryl methyl sites for hydroxylation is 1. The van der Waals surface area contributed by atoms with Crippen LogP contribution in [0.4, 0.5) is 23.2 Å². The first-order valence-corrected chi connectivity index (χ1v) is 10.7. The van der Waals surface area contributed by atoms with E-state index in [1.54, 1.807) is 6.92 Å². The van der Waals surface area contributed by atoms with Crippen LogP contribution in [-0.2, 0) is 6.18 Å². The molecule has 1 aromatic carbocycles. The number of anilines is 1. The van der Waals surface area contributed by atoms with Crippen LogP contribution in [0.3, 0.4) is 0 Å². The van der Waals surface area contributed by atoms with Crippen LogP contribution in [0.1, 0.15) is 50.8 Å². The van der Waals surface area contributed by atoms with Crippen molar-refractivity contribution in [1.29, 1.82) is 0 Å². The van der Waals surface area contributed by atoms with E-state index in [-0.39, 0.29) is 39.7 Å². The Balaban J connectivity index is 1.44. The maximum atomic E-state index is 14.0. The number of amides is 2. The Hall–Kier alpha value is -4.68. The quantitative estimate of drug-likeness (QED) is 0.282. The molecule has 0 unspecified atom stereocenters. The summed E-state index contributed by atoms with van der Waals surface area (Å²) in [6, 6.07) is 8.16. The Morgan fingerprint density at radius 3 is 2.54 bits per heavy atom. The van der Waals surface area contributed by atoms with Crippen LogP contribution in [0.25, 0.3) is 11.3 Å². The van der Waals surface area contributed by atoms with E-state index >= 15 is 0 Å². The number of carbonyl (C=O) groups excluding carboxylic acids is 2. The summed E-state index contributed by atoms with van der Waals surface area (Å²) in [7, 11) is 0. The summed E-state index contributed by atoms with van der Waals surface area (Å²) in [5.74, 6) is -2.49. The van der Waals surface area contributed by atoms with E-state index < -0.39 is 35.5 Å². The molecule has 0 spiro atoms. The zero-order valence-electron chi connectivity index (χ0n) is 19.3. The molecule has 190 valence electrons. The number of alkyl halides is 3. The fourth-order valence-corrected chi connectivity index (χ4v) is 3.35. The molecule has 0 aliphatic heterocycles. The maximum Gasteiger partial charge on any atom is 0.416 e. The zero-order chi connectivity index (χ0) is 26.7. The van der Waals surface area contributed by atoms with E-state index in [0.29, 0.717) is 0 Å². The molecule has 0 saturated heterocycles. The van der Waals surface area contributed by atoms with E-state index in [0.717, 1.165) is 12.4 Å². The molecule has 0 bridgehead atoms. The average molecular weight is 514 g/mol. The summed E-state index contributed by atoms with van der Waals surface area (Å²) in [4.78, 5) is 36.6. The molecular weight excluding hydrogens is 496 g/mol. The first-order chi connectivity index (χ1) is 17.5. The molecule has 3 aromatic heterocycles. The summed E-state index contributed by atoms with van der Waals surface area (Å²) >= 11 is 0. The van der Waals surface area contributed by atoms with Crippen molar-refractivity contribution in [2.45, 2.75) is 26.1 Å². The van der Waals surface area contributed by atoms with Gasteiger partial charge in [-0.15, -0.1) is 0 Å². The molecule has 13 heteroatoms. The third-order valence-electron chi connectivity index (χ3n) is 5.28. The molecule has 4 rings (SSSR count). The summed E-state index contributed by atoms with van der Waals surface area (Å²) in [6.45, 7) is 2.88. The first kappa shape index (κ1) is 25.4. The molecule has 0 aliphatic rings. The minimum Gasteiger partial charge on any atom is -0.351 e. The third-order valence-corrected chi connectivity index (χ3v) is 5.28. The van der Waals surface area contributed by atoms with Gasteiger partial charge in [0.25, 0.3) is 11.8 Å². The molecule has 2 N–H and O–H groups in total. The van der Waals surface area contributed by atoms with Gasteiger partial charge < -0.3 is 15.2 Å². The van der Waals surface area contributed by atoms with Gasteiger partial charge in [0.15, 0.2) is 0 Å². The van der Waals surface area contributed by atoms with Gasteiger partial charge in [0, 0.05) is 18.0 Å². The third kappa shape index (κ3) is 5.77. The van der Waals surface area contributed by atoms with E-state index in [4.69, 9.17) is 4.52 Å². The number of nitrogens with one attached hydrogen (secondary N) is 2. The highest BCUT2D eigenvalue weighted by Crippen LogP contribution is 2.33. The summed E-state index contributed by atoms with van der Waals surface area (Å²) in [6.07, 6.45) is -2.19. The monoisotopic (exact) mass is 514 g/mol. The normalized spacial score (nSPS) is 12.2. The van der Waals surface area contributed by atoms with Crippen LogP contribution in [-0.4, -0.2) is 31.9 Å². The standard InChI is InChI=1S/C24H18F4N6O3/c1-12-5-6-14(8-16(12)24(26,27)28)33-23(36)20-10-17(34-37-20)13(2)32-22(35)19-9-18(30-11-31-19)15-4-3-7-29-21(15)25/h3-11,13H,1-2H3,(H,32,35)(H,33,36)/t13-/m1/s1. The van der Waals surface area contributed by atoms with Crippen molar-refractivity contribution in [3.05, 3.63) is 89.2 Å². The highest BCUT2D eigenvalue weighted by atomic mass is 19.4. The van der Waals surface area contributed by atoms with Gasteiger partial charge in [-0.1, -0.05) is 11.2 Å².